The first-order valence-electron chi connectivity index (χ1n) is 7.73. The summed E-state index contributed by atoms with van der Waals surface area (Å²) in [4.78, 5) is 11.9. The van der Waals surface area contributed by atoms with Crippen molar-refractivity contribution >= 4 is 5.97 Å². The van der Waals surface area contributed by atoms with Gasteiger partial charge in [0.1, 0.15) is 0 Å². The molecule has 1 saturated carbocycles. The lowest BCUT2D eigenvalue weighted by atomic mass is 9.76. The maximum absolute atomic E-state index is 11.9. The van der Waals surface area contributed by atoms with Crippen molar-refractivity contribution in [1.82, 2.24) is 0 Å². The summed E-state index contributed by atoms with van der Waals surface area (Å²) >= 11 is 0. The van der Waals surface area contributed by atoms with Crippen LogP contribution in [-0.2, 0) is 14.3 Å². The molecule has 3 nitrogen and oxygen atoms in total. The molecule has 0 aromatic heterocycles. The van der Waals surface area contributed by atoms with Gasteiger partial charge in [0.05, 0.1) is 18.8 Å². The Morgan fingerprint density at radius 3 is 2.74 bits per heavy atom. The highest BCUT2D eigenvalue weighted by Gasteiger charge is 2.44. The van der Waals surface area contributed by atoms with Crippen molar-refractivity contribution in [3.8, 4) is 0 Å². The molecule has 0 bridgehead atoms. The van der Waals surface area contributed by atoms with Crippen molar-refractivity contribution < 1.29 is 14.3 Å². The molecule has 2 fully saturated rings. The van der Waals surface area contributed by atoms with Crippen LogP contribution < -0.4 is 0 Å². The van der Waals surface area contributed by atoms with E-state index in [9.17, 15) is 4.79 Å². The zero-order valence-electron chi connectivity index (χ0n) is 12.8. The highest BCUT2D eigenvalue weighted by atomic mass is 16.6. The second kappa shape index (κ2) is 5.82. The first kappa shape index (κ1) is 14.8. The number of fused-ring (bicyclic) bond motifs is 1. The molecule has 0 aromatic carbocycles. The van der Waals surface area contributed by atoms with Crippen LogP contribution in [0.2, 0.25) is 0 Å². The van der Waals surface area contributed by atoms with Gasteiger partial charge in [0.15, 0.2) is 0 Å². The minimum absolute atomic E-state index is 0.0344. The molecule has 1 aliphatic carbocycles. The number of epoxide rings is 1. The minimum Gasteiger partial charge on any atom is -0.465 e. The van der Waals surface area contributed by atoms with Gasteiger partial charge in [-0.15, -0.1) is 0 Å². The molecule has 110 valence electrons. The zero-order chi connectivity index (χ0) is 14.0. The van der Waals surface area contributed by atoms with Gasteiger partial charge in [-0.1, -0.05) is 34.1 Å². The predicted molar refractivity (Wildman–Crippen MR) is 74.8 cm³/mol. The molecule has 1 saturated heterocycles. The van der Waals surface area contributed by atoms with E-state index in [0.717, 1.165) is 25.7 Å². The molecule has 3 heteroatoms. The molecule has 2 aliphatic rings. The third-order valence-electron chi connectivity index (χ3n) is 5.31. The summed E-state index contributed by atoms with van der Waals surface area (Å²) in [5.41, 5.74) is 0.207. The van der Waals surface area contributed by atoms with E-state index >= 15 is 0 Å². The molecular weight excluding hydrogens is 240 g/mol. The zero-order valence-corrected chi connectivity index (χ0v) is 12.8. The van der Waals surface area contributed by atoms with Crippen LogP contribution in [0.1, 0.15) is 59.8 Å². The number of hydrogen-bond acceptors (Lipinski definition) is 3. The largest absolute Gasteiger partial charge is 0.465 e. The highest BCUT2D eigenvalue weighted by molar-refractivity contribution is 5.69. The Kier molecular flexibility index (Phi) is 4.54. The number of esters is 1. The van der Waals surface area contributed by atoms with Gasteiger partial charge in [0.25, 0.3) is 0 Å². The van der Waals surface area contributed by atoms with Crippen molar-refractivity contribution in [3.05, 3.63) is 0 Å². The topological polar surface area (TPSA) is 38.8 Å². The smallest absolute Gasteiger partial charge is 0.306 e. The van der Waals surface area contributed by atoms with E-state index in [1.807, 2.05) is 0 Å². The van der Waals surface area contributed by atoms with Crippen molar-refractivity contribution in [3.63, 3.8) is 0 Å². The van der Waals surface area contributed by atoms with Crippen LogP contribution >= 0.6 is 0 Å². The van der Waals surface area contributed by atoms with Crippen LogP contribution in [-0.4, -0.2) is 24.8 Å². The van der Waals surface area contributed by atoms with Gasteiger partial charge >= 0.3 is 5.97 Å². The summed E-state index contributed by atoms with van der Waals surface area (Å²) in [6.45, 7) is 9.35. The lowest BCUT2D eigenvalue weighted by Gasteiger charge is -2.30. The Hall–Kier alpha value is -0.570. The van der Waals surface area contributed by atoms with E-state index in [2.05, 4.69) is 27.7 Å². The van der Waals surface area contributed by atoms with Crippen LogP contribution in [0.3, 0.4) is 0 Å². The first-order chi connectivity index (χ1) is 8.92. The van der Waals surface area contributed by atoms with Crippen LogP contribution in [0.4, 0.5) is 0 Å². The predicted octanol–water partition coefficient (Wildman–Crippen LogP) is 3.56. The summed E-state index contributed by atoms with van der Waals surface area (Å²) in [7, 11) is 0. The number of rotatable bonds is 6. The van der Waals surface area contributed by atoms with E-state index in [0.29, 0.717) is 37.1 Å². The number of carbonyl (C=O) groups is 1. The second-order valence-electron chi connectivity index (χ2n) is 7.02. The monoisotopic (exact) mass is 268 g/mol. The van der Waals surface area contributed by atoms with Crippen molar-refractivity contribution in [1.29, 1.82) is 0 Å². The van der Waals surface area contributed by atoms with E-state index in [1.54, 1.807) is 0 Å². The molecule has 0 amide bonds. The third-order valence-corrected chi connectivity index (χ3v) is 5.31. The van der Waals surface area contributed by atoms with Gasteiger partial charge in [-0.25, -0.2) is 0 Å². The third kappa shape index (κ3) is 3.95. The fourth-order valence-electron chi connectivity index (χ4n) is 2.78. The van der Waals surface area contributed by atoms with Crippen molar-refractivity contribution in [2.45, 2.75) is 72.0 Å². The van der Waals surface area contributed by atoms with Gasteiger partial charge in [0, 0.05) is 6.42 Å². The highest BCUT2D eigenvalue weighted by Crippen LogP contribution is 2.39. The summed E-state index contributed by atoms with van der Waals surface area (Å²) in [6.07, 6.45) is 5.98. The molecule has 2 rings (SSSR count). The van der Waals surface area contributed by atoms with E-state index in [4.69, 9.17) is 9.47 Å². The lowest BCUT2D eigenvalue weighted by molar-refractivity contribution is -0.147. The molecule has 0 spiro atoms. The van der Waals surface area contributed by atoms with E-state index in [1.165, 1.54) is 0 Å². The Balaban J connectivity index is 1.66. The van der Waals surface area contributed by atoms with Gasteiger partial charge in [-0.05, 0) is 36.5 Å². The van der Waals surface area contributed by atoms with E-state index in [-0.39, 0.29) is 11.4 Å². The fourth-order valence-corrected chi connectivity index (χ4v) is 2.78. The quantitative estimate of drug-likeness (QED) is 0.546. The van der Waals surface area contributed by atoms with Gasteiger partial charge in [-0.2, -0.15) is 0 Å². The Morgan fingerprint density at radius 1 is 1.37 bits per heavy atom. The summed E-state index contributed by atoms with van der Waals surface area (Å²) in [5.74, 6) is 0.850. The summed E-state index contributed by atoms with van der Waals surface area (Å²) in [5, 5.41) is 0. The molecule has 0 aromatic rings. The molecule has 0 N–H and O–H groups in total. The molecule has 19 heavy (non-hydrogen) atoms. The summed E-state index contributed by atoms with van der Waals surface area (Å²) in [6, 6.07) is 0. The summed E-state index contributed by atoms with van der Waals surface area (Å²) < 4.78 is 11.0. The number of hydrogen-bond donors (Lipinski definition) is 0. The van der Waals surface area contributed by atoms with Gasteiger partial charge in [0.2, 0.25) is 0 Å². The molecule has 0 radical (unpaired) electrons. The standard InChI is InChI=1S/C16H28O3/c1-5-16(3,4)11(2)8-15(17)18-10-12-6-7-13-14(9-12)19-13/h11-14H,5-10H2,1-4H3. The minimum atomic E-state index is -0.0344. The fraction of sp³-hybridized carbons (Fsp3) is 0.938. The SMILES string of the molecule is CCC(C)(C)C(C)CC(=O)OCC1CCC2OC2C1. The first-order valence-corrected chi connectivity index (χ1v) is 7.73. The van der Waals surface area contributed by atoms with Crippen LogP contribution in [0.15, 0.2) is 0 Å². The van der Waals surface area contributed by atoms with E-state index < -0.39 is 0 Å². The van der Waals surface area contributed by atoms with Gasteiger partial charge in [-0.3, -0.25) is 4.79 Å². The molecule has 4 unspecified atom stereocenters. The average Bonchev–Trinajstić information content (AvgIpc) is 3.14. The van der Waals surface area contributed by atoms with Crippen LogP contribution in [0, 0.1) is 17.3 Å². The van der Waals surface area contributed by atoms with Crippen molar-refractivity contribution in [2.75, 3.05) is 6.61 Å². The maximum atomic E-state index is 11.9. The Bertz CT molecular complexity index is 324. The van der Waals surface area contributed by atoms with Gasteiger partial charge < -0.3 is 9.47 Å². The number of ether oxygens (including phenoxy) is 2. The average molecular weight is 268 g/mol. The van der Waals surface area contributed by atoms with Crippen LogP contribution in [0.25, 0.3) is 0 Å². The second-order valence-corrected chi connectivity index (χ2v) is 7.02. The Morgan fingerprint density at radius 2 is 2.11 bits per heavy atom. The molecular formula is C16H28O3. The van der Waals surface area contributed by atoms with Crippen LogP contribution in [0.5, 0.6) is 0 Å². The molecule has 1 aliphatic heterocycles. The lowest BCUT2D eigenvalue weighted by Crippen LogP contribution is -2.26. The molecule has 4 atom stereocenters. The normalized spacial score (nSPS) is 31.5. The van der Waals surface area contributed by atoms with Crippen molar-refractivity contribution in [2.24, 2.45) is 17.3 Å². The Labute approximate surface area is 117 Å². The number of carbonyl (C=O) groups excluding carboxylic acids is 1. The molecule has 1 heterocycles. The maximum Gasteiger partial charge on any atom is 0.306 e.